The van der Waals surface area contributed by atoms with Crippen molar-refractivity contribution in [1.82, 2.24) is 14.7 Å². The van der Waals surface area contributed by atoms with Crippen molar-refractivity contribution in [1.29, 1.82) is 0 Å². The summed E-state index contributed by atoms with van der Waals surface area (Å²) in [7, 11) is 0. The number of nitrogens with one attached hydrogen (secondary N) is 1. The Hall–Kier alpha value is -1.39. The molecule has 0 amide bonds. The molecule has 0 radical (unpaired) electrons. The fraction of sp³-hybridized carbons (Fsp3) is 0.533. The Kier molecular flexibility index (Phi) is 2.60. The van der Waals surface area contributed by atoms with E-state index in [9.17, 15) is 0 Å². The zero-order chi connectivity index (χ0) is 12.8. The monoisotopic (exact) mass is 256 g/mol. The molecule has 2 aromatic rings. The molecule has 4 heteroatoms. The summed E-state index contributed by atoms with van der Waals surface area (Å²) >= 11 is 0. The zero-order valence-electron chi connectivity index (χ0n) is 11.0. The number of rotatable bonds is 2. The molecule has 0 bridgehead atoms. The van der Waals surface area contributed by atoms with Crippen LogP contribution in [0.2, 0.25) is 0 Å². The number of nitrogens with two attached hydrogens (primary N) is 1. The van der Waals surface area contributed by atoms with Crippen LogP contribution in [0.3, 0.4) is 0 Å². The van der Waals surface area contributed by atoms with Crippen LogP contribution >= 0.6 is 0 Å². The zero-order valence-corrected chi connectivity index (χ0v) is 11.0. The molecule has 0 aromatic carbocycles. The Morgan fingerprint density at radius 2 is 2.32 bits per heavy atom. The lowest BCUT2D eigenvalue weighted by Gasteiger charge is -2.17. The van der Waals surface area contributed by atoms with Crippen molar-refractivity contribution < 1.29 is 0 Å². The highest BCUT2D eigenvalue weighted by Crippen LogP contribution is 2.38. The van der Waals surface area contributed by atoms with Crippen LogP contribution in [-0.2, 0) is 6.42 Å². The van der Waals surface area contributed by atoms with Gasteiger partial charge in [0.15, 0.2) is 0 Å². The maximum absolute atomic E-state index is 6.09. The normalized spacial score (nSPS) is 33.9. The lowest BCUT2D eigenvalue weighted by atomic mass is 9.91. The minimum Gasteiger partial charge on any atom is -0.328 e. The van der Waals surface area contributed by atoms with E-state index in [1.165, 1.54) is 18.5 Å². The first-order valence-electron chi connectivity index (χ1n) is 7.21. The van der Waals surface area contributed by atoms with Gasteiger partial charge in [0.25, 0.3) is 0 Å². The SMILES string of the molecule is NC1CC2CNC(Cc3cn4ccccc4n3)C2C1. The van der Waals surface area contributed by atoms with E-state index in [0.717, 1.165) is 30.4 Å². The van der Waals surface area contributed by atoms with E-state index in [2.05, 4.69) is 28.2 Å². The molecular formula is C15H20N4. The Labute approximate surface area is 113 Å². The molecule has 2 aliphatic rings. The number of hydrogen-bond acceptors (Lipinski definition) is 3. The smallest absolute Gasteiger partial charge is 0.136 e. The van der Waals surface area contributed by atoms with Gasteiger partial charge in [-0.2, -0.15) is 0 Å². The third kappa shape index (κ3) is 1.95. The molecule has 4 rings (SSSR count). The number of imidazole rings is 1. The predicted molar refractivity (Wildman–Crippen MR) is 74.9 cm³/mol. The Morgan fingerprint density at radius 3 is 3.21 bits per heavy atom. The molecule has 0 spiro atoms. The van der Waals surface area contributed by atoms with Crippen LogP contribution in [0.5, 0.6) is 0 Å². The minimum atomic E-state index is 0.417. The molecule has 2 fully saturated rings. The summed E-state index contributed by atoms with van der Waals surface area (Å²) in [5.41, 5.74) is 8.32. The van der Waals surface area contributed by atoms with Crippen LogP contribution in [0.1, 0.15) is 18.5 Å². The molecular weight excluding hydrogens is 236 g/mol. The minimum absolute atomic E-state index is 0.417. The first-order valence-corrected chi connectivity index (χ1v) is 7.21. The molecule has 1 saturated heterocycles. The average Bonchev–Trinajstić information content (AvgIpc) is 3.04. The van der Waals surface area contributed by atoms with E-state index in [-0.39, 0.29) is 0 Å². The number of aromatic nitrogens is 2. The second-order valence-corrected chi connectivity index (χ2v) is 6.07. The number of hydrogen-bond donors (Lipinski definition) is 2. The van der Waals surface area contributed by atoms with Gasteiger partial charge in [0, 0.05) is 30.9 Å². The summed E-state index contributed by atoms with van der Waals surface area (Å²) in [6.07, 6.45) is 7.60. The van der Waals surface area contributed by atoms with Gasteiger partial charge in [-0.25, -0.2) is 4.98 Å². The molecule has 3 N–H and O–H groups in total. The largest absolute Gasteiger partial charge is 0.328 e. The first-order chi connectivity index (χ1) is 9.29. The number of pyridine rings is 1. The lowest BCUT2D eigenvalue weighted by molar-refractivity contribution is 0.405. The van der Waals surface area contributed by atoms with Crippen LogP contribution in [0.25, 0.3) is 5.65 Å². The van der Waals surface area contributed by atoms with E-state index >= 15 is 0 Å². The first kappa shape index (κ1) is 11.4. The van der Waals surface area contributed by atoms with Crippen LogP contribution in [0.15, 0.2) is 30.6 Å². The number of fused-ring (bicyclic) bond motifs is 2. The second-order valence-electron chi connectivity index (χ2n) is 6.07. The van der Waals surface area contributed by atoms with E-state index in [0.29, 0.717) is 12.1 Å². The van der Waals surface area contributed by atoms with Crippen LogP contribution in [-0.4, -0.2) is 28.0 Å². The van der Waals surface area contributed by atoms with E-state index < -0.39 is 0 Å². The van der Waals surface area contributed by atoms with E-state index in [1.807, 2.05) is 12.1 Å². The average molecular weight is 256 g/mol. The molecule has 4 nitrogen and oxygen atoms in total. The molecule has 1 aliphatic heterocycles. The quantitative estimate of drug-likeness (QED) is 0.849. The van der Waals surface area contributed by atoms with Gasteiger partial charge >= 0.3 is 0 Å². The molecule has 100 valence electrons. The van der Waals surface area contributed by atoms with Crippen molar-refractivity contribution in [3.8, 4) is 0 Å². The number of nitrogens with zero attached hydrogens (tertiary/aromatic N) is 2. The highest BCUT2D eigenvalue weighted by molar-refractivity contribution is 5.39. The molecule has 1 aliphatic carbocycles. The van der Waals surface area contributed by atoms with Crippen LogP contribution in [0.4, 0.5) is 0 Å². The molecule has 2 aromatic heterocycles. The van der Waals surface area contributed by atoms with Crippen molar-refractivity contribution in [2.24, 2.45) is 17.6 Å². The molecule has 19 heavy (non-hydrogen) atoms. The molecule has 4 atom stereocenters. The summed E-state index contributed by atoms with van der Waals surface area (Å²) in [4.78, 5) is 4.70. The van der Waals surface area contributed by atoms with Crippen molar-refractivity contribution in [3.05, 3.63) is 36.3 Å². The summed E-state index contributed by atoms with van der Waals surface area (Å²) < 4.78 is 2.10. The predicted octanol–water partition coefficient (Wildman–Crippen LogP) is 1.20. The Bertz CT molecular complexity index is 558. The Balaban J connectivity index is 1.55. The maximum Gasteiger partial charge on any atom is 0.136 e. The van der Waals surface area contributed by atoms with E-state index in [4.69, 9.17) is 10.7 Å². The molecule has 1 saturated carbocycles. The standard InChI is InChI=1S/C15H20N4/c16-11-5-10-8-17-14(13(10)6-11)7-12-9-19-4-2-1-3-15(19)18-12/h1-4,9-11,13-14,17H,5-8,16H2. The fourth-order valence-electron chi connectivity index (χ4n) is 3.92. The summed E-state index contributed by atoms with van der Waals surface area (Å²) in [5, 5.41) is 3.67. The van der Waals surface area contributed by atoms with Crippen LogP contribution < -0.4 is 11.1 Å². The summed E-state index contributed by atoms with van der Waals surface area (Å²) in [6.45, 7) is 1.14. The van der Waals surface area contributed by atoms with Crippen molar-refractivity contribution in [2.45, 2.75) is 31.3 Å². The highest BCUT2D eigenvalue weighted by atomic mass is 15.0. The van der Waals surface area contributed by atoms with Crippen molar-refractivity contribution in [2.75, 3.05) is 6.54 Å². The fourth-order valence-corrected chi connectivity index (χ4v) is 3.92. The third-order valence-electron chi connectivity index (χ3n) is 4.79. The topological polar surface area (TPSA) is 55.3 Å². The summed E-state index contributed by atoms with van der Waals surface area (Å²) in [6, 6.07) is 7.11. The Morgan fingerprint density at radius 1 is 1.37 bits per heavy atom. The van der Waals surface area contributed by atoms with Gasteiger partial charge in [-0.15, -0.1) is 0 Å². The van der Waals surface area contributed by atoms with Gasteiger partial charge in [0.05, 0.1) is 5.69 Å². The van der Waals surface area contributed by atoms with Gasteiger partial charge in [-0.1, -0.05) is 6.07 Å². The van der Waals surface area contributed by atoms with Gasteiger partial charge in [-0.3, -0.25) is 0 Å². The van der Waals surface area contributed by atoms with Crippen LogP contribution in [0, 0.1) is 11.8 Å². The van der Waals surface area contributed by atoms with Gasteiger partial charge < -0.3 is 15.5 Å². The third-order valence-corrected chi connectivity index (χ3v) is 4.79. The van der Waals surface area contributed by atoms with Crippen molar-refractivity contribution in [3.63, 3.8) is 0 Å². The molecule has 3 heterocycles. The lowest BCUT2D eigenvalue weighted by Crippen LogP contribution is -2.31. The second kappa shape index (κ2) is 4.32. The van der Waals surface area contributed by atoms with Crippen molar-refractivity contribution >= 4 is 5.65 Å². The van der Waals surface area contributed by atoms with Gasteiger partial charge in [0.2, 0.25) is 0 Å². The maximum atomic E-state index is 6.09. The summed E-state index contributed by atoms with van der Waals surface area (Å²) in [5.74, 6) is 1.54. The van der Waals surface area contributed by atoms with Gasteiger partial charge in [0.1, 0.15) is 5.65 Å². The molecule has 4 unspecified atom stereocenters. The van der Waals surface area contributed by atoms with Gasteiger partial charge in [-0.05, 0) is 43.4 Å². The van der Waals surface area contributed by atoms with E-state index in [1.54, 1.807) is 0 Å². The highest BCUT2D eigenvalue weighted by Gasteiger charge is 2.42.